The molecule has 0 radical (unpaired) electrons. The number of rotatable bonds is 4. The summed E-state index contributed by atoms with van der Waals surface area (Å²) in [4.78, 5) is 10.8. The molecule has 0 fully saturated rings. The largest absolute Gasteiger partial charge is 0.497 e. The van der Waals surface area contributed by atoms with E-state index >= 15 is 0 Å². The molecule has 94 valence electrons. The summed E-state index contributed by atoms with van der Waals surface area (Å²) in [5.74, 6) is -0.895. The maximum Gasteiger partial charge on any atom is 0.312 e. The van der Waals surface area contributed by atoms with Crippen molar-refractivity contribution in [3.8, 4) is 11.4 Å². The van der Waals surface area contributed by atoms with Gasteiger partial charge in [0.1, 0.15) is 5.75 Å². The van der Waals surface area contributed by atoms with Gasteiger partial charge in [-0.3, -0.25) is 4.79 Å². The van der Waals surface area contributed by atoms with Crippen LogP contribution < -0.4 is 4.74 Å². The molecule has 0 aliphatic carbocycles. The highest BCUT2D eigenvalue weighted by atomic mass is 16.5. The lowest BCUT2D eigenvalue weighted by atomic mass is 10.1. The Balaban J connectivity index is 2.31. The van der Waals surface area contributed by atoms with E-state index in [0.29, 0.717) is 11.4 Å². The van der Waals surface area contributed by atoms with Gasteiger partial charge in [0.25, 0.3) is 0 Å². The molecule has 1 atom stereocenters. The summed E-state index contributed by atoms with van der Waals surface area (Å²) < 4.78 is 6.64. The molecule has 0 aliphatic heterocycles. The predicted octanol–water partition coefficient (Wildman–Crippen LogP) is 1.46. The SMILES string of the molecule is COc1cccc(-n2cc(C(C)C(=O)O)nn2)c1. The highest BCUT2D eigenvalue weighted by Gasteiger charge is 2.17. The van der Waals surface area contributed by atoms with Gasteiger partial charge < -0.3 is 9.84 Å². The molecule has 1 aromatic carbocycles. The number of carboxylic acids is 1. The fraction of sp³-hybridized carbons (Fsp3) is 0.250. The number of hydrogen-bond acceptors (Lipinski definition) is 4. The van der Waals surface area contributed by atoms with Gasteiger partial charge in [-0.15, -0.1) is 5.10 Å². The molecule has 6 nitrogen and oxygen atoms in total. The van der Waals surface area contributed by atoms with E-state index in [0.717, 1.165) is 5.69 Å². The zero-order valence-electron chi connectivity index (χ0n) is 10.1. The Morgan fingerprint density at radius 1 is 1.50 bits per heavy atom. The van der Waals surface area contributed by atoms with Crippen molar-refractivity contribution in [2.75, 3.05) is 7.11 Å². The molecule has 2 aromatic rings. The van der Waals surface area contributed by atoms with E-state index in [4.69, 9.17) is 9.84 Å². The molecule has 0 amide bonds. The van der Waals surface area contributed by atoms with Crippen molar-refractivity contribution >= 4 is 5.97 Å². The van der Waals surface area contributed by atoms with Gasteiger partial charge in [0.15, 0.2) is 0 Å². The molecule has 1 unspecified atom stereocenters. The van der Waals surface area contributed by atoms with E-state index in [9.17, 15) is 4.79 Å². The highest BCUT2D eigenvalue weighted by Crippen LogP contribution is 2.17. The highest BCUT2D eigenvalue weighted by molar-refractivity contribution is 5.74. The second-order valence-corrected chi connectivity index (χ2v) is 3.85. The van der Waals surface area contributed by atoms with Crippen LogP contribution in [-0.2, 0) is 4.79 Å². The fourth-order valence-electron chi connectivity index (χ4n) is 1.48. The maximum absolute atomic E-state index is 10.8. The lowest BCUT2D eigenvalue weighted by Gasteiger charge is -2.03. The van der Waals surface area contributed by atoms with E-state index in [1.165, 1.54) is 4.68 Å². The average molecular weight is 247 g/mol. The van der Waals surface area contributed by atoms with E-state index < -0.39 is 11.9 Å². The van der Waals surface area contributed by atoms with Crippen LogP contribution in [-0.4, -0.2) is 33.2 Å². The minimum absolute atomic E-state index is 0.422. The molecule has 0 spiro atoms. The number of carboxylic acid groups (broad SMARTS) is 1. The quantitative estimate of drug-likeness (QED) is 0.885. The van der Waals surface area contributed by atoms with Crippen LogP contribution in [0.5, 0.6) is 5.75 Å². The third kappa shape index (κ3) is 2.32. The molecule has 0 bridgehead atoms. The van der Waals surface area contributed by atoms with Gasteiger partial charge in [-0.25, -0.2) is 4.68 Å². The normalized spacial score (nSPS) is 12.1. The molecule has 0 saturated carbocycles. The summed E-state index contributed by atoms with van der Waals surface area (Å²) in [7, 11) is 1.58. The Bertz CT molecular complexity index is 565. The first-order valence-electron chi connectivity index (χ1n) is 5.41. The number of aromatic nitrogens is 3. The van der Waals surface area contributed by atoms with Gasteiger partial charge in [-0.1, -0.05) is 11.3 Å². The van der Waals surface area contributed by atoms with Crippen LogP contribution in [0.1, 0.15) is 18.5 Å². The number of methoxy groups -OCH3 is 1. The Hall–Kier alpha value is -2.37. The summed E-state index contributed by atoms with van der Waals surface area (Å²) in [5, 5.41) is 16.7. The van der Waals surface area contributed by atoms with Crippen LogP contribution in [0, 0.1) is 0 Å². The van der Waals surface area contributed by atoms with Gasteiger partial charge in [0.2, 0.25) is 0 Å². The second-order valence-electron chi connectivity index (χ2n) is 3.85. The van der Waals surface area contributed by atoms with Gasteiger partial charge >= 0.3 is 5.97 Å². The summed E-state index contributed by atoms with van der Waals surface area (Å²) in [6, 6.07) is 7.29. The summed E-state index contributed by atoms with van der Waals surface area (Å²) in [5.41, 5.74) is 1.19. The molecule has 2 rings (SSSR count). The molecular formula is C12H13N3O3. The summed E-state index contributed by atoms with van der Waals surface area (Å²) in [6.45, 7) is 1.57. The monoisotopic (exact) mass is 247 g/mol. The van der Waals surface area contributed by atoms with Crippen molar-refractivity contribution in [1.29, 1.82) is 0 Å². The zero-order chi connectivity index (χ0) is 13.1. The van der Waals surface area contributed by atoms with Crippen molar-refractivity contribution in [2.24, 2.45) is 0 Å². The molecule has 1 aromatic heterocycles. The van der Waals surface area contributed by atoms with E-state index in [1.807, 2.05) is 18.2 Å². The smallest absolute Gasteiger partial charge is 0.312 e. The van der Waals surface area contributed by atoms with Crippen molar-refractivity contribution in [3.63, 3.8) is 0 Å². The number of hydrogen-bond donors (Lipinski definition) is 1. The summed E-state index contributed by atoms with van der Waals surface area (Å²) in [6.07, 6.45) is 1.60. The Morgan fingerprint density at radius 3 is 2.94 bits per heavy atom. The minimum atomic E-state index is -0.923. The maximum atomic E-state index is 10.8. The van der Waals surface area contributed by atoms with E-state index in [1.54, 1.807) is 26.3 Å². The number of carbonyl (C=O) groups is 1. The fourth-order valence-corrected chi connectivity index (χ4v) is 1.48. The lowest BCUT2D eigenvalue weighted by molar-refractivity contribution is -0.138. The zero-order valence-corrected chi connectivity index (χ0v) is 10.1. The molecule has 6 heteroatoms. The predicted molar refractivity (Wildman–Crippen MR) is 64.0 cm³/mol. The third-order valence-electron chi connectivity index (χ3n) is 2.64. The molecular weight excluding hydrogens is 234 g/mol. The number of aliphatic carboxylic acids is 1. The van der Waals surface area contributed by atoms with Crippen molar-refractivity contribution < 1.29 is 14.6 Å². The van der Waals surface area contributed by atoms with Gasteiger partial charge in [0, 0.05) is 6.07 Å². The molecule has 0 saturated heterocycles. The van der Waals surface area contributed by atoms with Gasteiger partial charge in [-0.05, 0) is 19.1 Å². The van der Waals surface area contributed by atoms with E-state index in [-0.39, 0.29) is 0 Å². The Labute approximate surface area is 104 Å². The van der Waals surface area contributed by atoms with Crippen LogP contribution in [0.2, 0.25) is 0 Å². The first-order chi connectivity index (χ1) is 8.61. The van der Waals surface area contributed by atoms with Crippen molar-refractivity contribution in [1.82, 2.24) is 15.0 Å². The minimum Gasteiger partial charge on any atom is -0.497 e. The standard InChI is InChI=1S/C12H13N3O3/c1-8(12(16)17)11-7-15(14-13-11)9-4-3-5-10(6-9)18-2/h3-8H,1-2H3,(H,16,17). The van der Waals surface area contributed by atoms with Crippen LogP contribution in [0.4, 0.5) is 0 Å². The molecule has 0 aliphatic rings. The molecule has 18 heavy (non-hydrogen) atoms. The lowest BCUT2D eigenvalue weighted by Crippen LogP contribution is -2.07. The second kappa shape index (κ2) is 4.87. The first-order valence-corrected chi connectivity index (χ1v) is 5.41. The Kier molecular flexibility index (Phi) is 3.27. The van der Waals surface area contributed by atoms with E-state index in [2.05, 4.69) is 10.3 Å². The topological polar surface area (TPSA) is 77.2 Å². The van der Waals surface area contributed by atoms with Crippen molar-refractivity contribution in [3.05, 3.63) is 36.2 Å². The number of benzene rings is 1. The number of ether oxygens (including phenoxy) is 1. The molecule has 1 heterocycles. The van der Waals surface area contributed by atoms with Crippen molar-refractivity contribution in [2.45, 2.75) is 12.8 Å². The van der Waals surface area contributed by atoms with Gasteiger partial charge in [0.05, 0.1) is 30.6 Å². The summed E-state index contributed by atoms with van der Waals surface area (Å²) >= 11 is 0. The Morgan fingerprint density at radius 2 is 2.28 bits per heavy atom. The van der Waals surface area contributed by atoms with Crippen LogP contribution in [0.3, 0.4) is 0 Å². The third-order valence-corrected chi connectivity index (χ3v) is 2.64. The van der Waals surface area contributed by atoms with Gasteiger partial charge in [-0.2, -0.15) is 0 Å². The first kappa shape index (κ1) is 12.1. The van der Waals surface area contributed by atoms with Crippen LogP contribution >= 0.6 is 0 Å². The number of nitrogens with zero attached hydrogens (tertiary/aromatic N) is 3. The average Bonchev–Trinajstić information content (AvgIpc) is 2.87. The molecule has 1 N–H and O–H groups in total. The van der Waals surface area contributed by atoms with Crippen LogP contribution in [0.15, 0.2) is 30.5 Å². The van der Waals surface area contributed by atoms with Crippen LogP contribution in [0.25, 0.3) is 5.69 Å².